The zero-order valence-corrected chi connectivity index (χ0v) is 16.3. The highest BCUT2D eigenvalue weighted by Crippen LogP contribution is 2.29. The van der Waals surface area contributed by atoms with Crippen molar-refractivity contribution in [3.8, 4) is 21.5 Å². The molecule has 0 fully saturated rings. The van der Waals surface area contributed by atoms with Crippen molar-refractivity contribution in [3.05, 3.63) is 64.5 Å². The number of para-hydroxylation sites is 1. The minimum atomic E-state index is -0.261. The number of amides is 1. The van der Waals surface area contributed by atoms with Crippen LogP contribution in [0.4, 0.5) is 5.82 Å². The molecule has 0 spiro atoms. The topological polar surface area (TPSA) is 69.0 Å². The van der Waals surface area contributed by atoms with E-state index in [-0.39, 0.29) is 5.91 Å². The molecule has 0 aliphatic rings. The molecule has 4 rings (SSSR count). The fourth-order valence-electron chi connectivity index (χ4n) is 2.65. The highest BCUT2D eigenvalue weighted by atomic mass is 32.1. The molecule has 0 saturated carbocycles. The smallest absolute Gasteiger partial charge is 0.260 e. The van der Waals surface area contributed by atoms with E-state index in [9.17, 15) is 4.79 Å². The van der Waals surface area contributed by atoms with E-state index >= 15 is 0 Å². The van der Waals surface area contributed by atoms with Crippen molar-refractivity contribution in [3.63, 3.8) is 0 Å². The molecule has 0 unspecified atom stereocenters. The van der Waals surface area contributed by atoms with Crippen molar-refractivity contribution in [1.82, 2.24) is 14.8 Å². The number of carbonyl (C=O) groups is 1. The van der Waals surface area contributed by atoms with Gasteiger partial charge in [0.1, 0.15) is 11.6 Å². The molecule has 27 heavy (non-hydrogen) atoms. The molecule has 0 bridgehead atoms. The van der Waals surface area contributed by atoms with E-state index in [0.29, 0.717) is 22.3 Å². The third kappa shape index (κ3) is 3.49. The normalized spacial score (nSPS) is 10.7. The lowest BCUT2D eigenvalue weighted by molar-refractivity contribution is 0.102. The van der Waals surface area contributed by atoms with Crippen LogP contribution in [0.1, 0.15) is 16.1 Å². The number of ether oxygens (including phenoxy) is 1. The minimum absolute atomic E-state index is 0.261. The van der Waals surface area contributed by atoms with Gasteiger partial charge >= 0.3 is 0 Å². The Morgan fingerprint density at radius 1 is 1.19 bits per heavy atom. The van der Waals surface area contributed by atoms with Crippen molar-refractivity contribution in [1.29, 1.82) is 0 Å². The molecule has 0 aliphatic carbocycles. The van der Waals surface area contributed by atoms with Crippen LogP contribution < -0.4 is 10.1 Å². The van der Waals surface area contributed by atoms with E-state index in [1.54, 1.807) is 41.3 Å². The predicted molar refractivity (Wildman–Crippen MR) is 108 cm³/mol. The SMILES string of the molecule is COc1ccccc1C(=O)Nc1cc(C)nn1-c1nc(-c2cccs2)cs1. The highest BCUT2D eigenvalue weighted by Gasteiger charge is 2.17. The van der Waals surface area contributed by atoms with Crippen LogP contribution in [0.5, 0.6) is 5.75 Å². The third-order valence-electron chi connectivity index (χ3n) is 3.87. The number of nitrogens with one attached hydrogen (secondary N) is 1. The van der Waals surface area contributed by atoms with E-state index in [1.165, 1.54) is 11.3 Å². The molecule has 1 aromatic carbocycles. The van der Waals surface area contributed by atoms with Crippen molar-refractivity contribution < 1.29 is 9.53 Å². The quantitative estimate of drug-likeness (QED) is 0.534. The van der Waals surface area contributed by atoms with Crippen LogP contribution in [0.25, 0.3) is 15.7 Å². The Balaban J connectivity index is 1.65. The van der Waals surface area contributed by atoms with Crippen LogP contribution in [0.3, 0.4) is 0 Å². The molecule has 0 aliphatic heterocycles. The second kappa shape index (κ2) is 7.34. The van der Waals surface area contributed by atoms with Gasteiger partial charge in [0, 0.05) is 11.4 Å². The molecule has 136 valence electrons. The van der Waals surface area contributed by atoms with Crippen LogP contribution >= 0.6 is 22.7 Å². The van der Waals surface area contributed by atoms with Gasteiger partial charge in [0.2, 0.25) is 5.13 Å². The van der Waals surface area contributed by atoms with Crippen molar-refractivity contribution >= 4 is 34.4 Å². The summed E-state index contributed by atoms with van der Waals surface area (Å²) in [5, 5.41) is 12.1. The van der Waals surface area contributed by atoms with Gasteiger partial charge in [-0.05, 0) is 30.5 Å². The Hall–Kier alpha value is -2.97. The summed E-state index contributed by atoms with van der Waals surface area (Å²) >= 11 is 3.12. The highest BCUT2D eigenvalue weighted by molar-refractivity contribution is 7.15. The van der Waals surface area contributed by atoms with Gasteiger partial charge in [-0.2, -0.15) is 9.78 Å². The number of nitrogens with zero attached hydrogens (tertiary/aromatic N) is 3. The molecule has 1 N–H and O–H groups in total. The summed E-state index contributed by atoms with van der Waals surface area (Å²) in [6.07, 6.45) is 0. The third-order valence-corrected chi connectivity index (χ3v) is 5.58. The summed E-state index contributed by atoms with van der Waals surface area (Å²) in [5.74, 6) is 0.825. The summed E-state index contributed by atoms with van der Waals surface area (Å²) in [6, 6.07) is 12.9. The van der Waals surface area contributed by atoms with Crippen LogP contribution in [-0.2, 0) is 0 Å². The monoisotopic (exact) mass is 396 g/mol. The average Bonchev–Trinajstić information content (AvgIpc) is 3.42. The maximum Gasteiger partial charge on any atom is 0.260 e. The Kier molecular flexibility index (Phi) is 4.74. The molecule has 4 aromatic rings. The Morgan fingerprint density at radius 3 is 2.81 bits per heavy atom. The van der Waals surface area contributed by atoms with Crippen molar-refractivity contribution in [2.24, 2.45) is 0 Å². The first-order valence-electron chi connectivity index (χ1n) is 8.16. The first kappa shape index (κ1) is 17.4. The summed E-state index contributed by atoms with van der Waals surface area (Å²) in [6.45, 7) is 1.88. The van der Waals surface area contributed by atoms with Gasteiger partial charge < -0.3 is 10.1 Å². The fourth-order valence-corrected chi connectivity index (χ4v) is 4.20. The molecule has 1 amide bonds. The number of methoxy groups -OCH3 is 1. The van der Waals surface area contributed by atoms with Gasteiger partial charge in [0.25, 0.3) is 5.91 Å². The first-order chi connectivity index (χ1) is 13.2. The van der Waals surface area contributed by atoms with E-state index in [1.807, 2.05) is 41.9 Å². The zero-order chi connectivity index (χ0) is 18.8. The largest absolute Gasteiger partial charge is 0.496 e. The van der Waals surface area contributed by atoms with Gasteiger partial charge in [0.05, 0.1) is 28.9 Å². The average molecular weight is 396 g/mol. The zero-order valence-electron chi connectivity index (χ0n) is 14.7. The van der Waals surface area contributed by atoms with Gasteiger partial charge in [-0.3, -0.25) is 4.79 Å². The van der Waals surface area contributed by atoms with Crippen LogP contribution in [0.15, 0.2) is 53.2 Å². The predicted octanol–water partition coefficient (Wildman–Crippen LogP) is 4.63. The van der Waals surface area contributed by atoms with E-state index < -0.39 is 0 Å². The second-order valence-corrected chi connectivity index (χ2v) is 7.51. The number of benzene rings is 1. The lowest BCUT2D eigenvalue weighted by atomic mass is 10.2. The molecule has 8 heteroatoms. The fraction of sp³-hybridized carbons (Fsp3) is 0.105. The van der Waals surface area contributed by atoms with Crippen molar-refractivity contribution in [2.75, 3.05) is 12.4 Å². The Morgan fingerprint density at radius 2 is 2.04 bits per heavy atom. The minimum Gasteiger partial charge on any atom is -0.496 e. The van der Waals surface area contributed by atoms with Crippen LogP contribution in [0, 0.1) is 6.92 Å². The summed E-state index contributed by atoms with van der Waals surface area (Å²) in [7, 11) is 1.54. The summed E-state index contributed by atoms with van der Waals surface area (Å²) in [5.41, 5.74) is 2.15. The number of thiazole rings is 1. The number of anilines is 1. The molecular formula is C19H16N4O2S2. The number of thiophene rings is 1. The van der Waals surface area contributed by atoms with E-state index in [4.69, 9.17) is 4.74 Å². The lowest BCUT2D eigenvalue weighted by Crippen LogP contribution is -2.16. The number of hydrogen-bond donors (Lipinski definition) is 1. The summed E-state index contributed by atoms with van der Waals surface area (Å²) < 4.78 is 6.93. The first-order valence-corrected chi connectivity index (χ1v) is 9.92. The Labute approximate surface area is 164 Å². The van der Waals surface area contributed by atoms with E-state index in [0.717, 1.165) is 16.3 Å². The number of aryl methyl sites for hydroxylation is 1. The summed E-state index contributed by atoms with van der Waals surface area (Å²) in [4.78, 5) is 18.5. The second-order valence-electron chi connectivity index (χ2n) is 5.73. The van der Waals surface area contributed by atoms with E-state index in [2.05, 4.69) is 15.4 Å². The maximum absolute atomic E-state index is 12.7. The molecule has 0 saturated heterocycles. The maximum atomic E-state index is 12.7. The standard InChI is InChI=1S/C19H16N4O2S2/c1-12-10-17(21-18(24)13-6-3-4-7-15(13)25-2)23(22-12)19-20-14(11-27-19)16-8-5-9-26-16/h3-11H,1-2H3,(H,21,24). The molecule has 0 atom stereocenters. The number of rotatable bonds is 5. The Bertz CT molecular complexity index is 1080. The van der Waals surface area contributed by atoms with Gasteiger partial charge in [0.15, 0.2) is 0 Å². The molecule has 3 heterocycles. The van der Waals surface area contributed by atoms with Gasteiger partial charge in [-0.1, -0.05) is 18.2 Å². The molecular weight excluding hydrogens is 380 g/mol. The van der Waals surface area contributed by atoms with Crippen LogP contribution in [0.2, 0.25) is 0 Å². The number of aromatic nitrogens is 3. The number of hydrogen-bond acceptors (Lipinski definition) is 6. The molecule has 3 aromatic heterocycles. The van der Waals surface area contributed by atoms with Gasteiger partial charge in [-0.25, -0.2) is 4.98 Å². The number of carbonyl (C=O) groups excluding carboxylic acids is 1. The van der Waals surface area contributed by atoms with Crippen LogP contribution in [-0.4, -0.2) is 27.8 Å². The van der Waals surface area contributed by atoms with Crippen molar-refractivity contribution in [2.45, 2.75) is 6.92 Å². The van der Waals surface area contributed by atoms with Gasteiger partial charge in [-0.15, -0.1) is 22.7 Å². The molecule has 0 radical (unpaired) electrons. The molecule has 6 nitrogen and oxygen atoms in total. The lowest BCUT2D eigenvalue weighted by Gasteiger charge is -2.09.